The fourth-order valence-corrected chi connectivity index (χ4v) is 2.01. The maximum absolute atomic E-state index is 12.2. The molecule has 0 fully saturated rings. The first-order valence-corrected chi connectivity index (χ1v) is 6.48. The average Bonchev–Trinajstić information content (AvgIpc) is 2.47. The van der Waals surface area contributed by atoms with Gasteiger partial charge < -0.3 is 5.11 Å². The lowest BCUT2D eigenvalue weighted by molar-refractivity contribution is -0.120. The van der Waals surface area contributed by atoms with Crippen LogP contribution in [0.25, 0.3) is 0 Å². The van der Waals surface area contributed by atoms with Crippen LogP contribution < -0.4 is 0 Å². The molecule has 0 aliphatic rings. The molecule has 20 heavy (non-hydrogen) atoms. The Bertz CT molecular complexity index is 617. The first-order valence-electron chi connectivity index (χ1n) is 6.48. The van der Waals surface area contributed by atoms with Crippen molar-refractivity contribution in [3.63, 3.8) is 0 Å². The molecule has 0 radical (unpaired) electrons. The third-order valence-corrected chi connectivity index (χ3v) is 3.27. The predicted molar refractivity (Wildman–Crippen MR) is 76.8 cm³/mol. The molecule has 0 heterocycles. The highest BCUT2D eigenvalue weighted by Gasteiger charge is 2.24. The molecular formula is C17H16O3. The van der Waals surface area contributed by atoms with Crippen molar-refractivity contribution in [3.05, 3.63) is 65.7 Å². The largest absolute Gasteiger partial charge is 0.507 e. The summed E-state index contributed by atoms with van der Waals surface area (Å²) < 4.78 is 0. The van der Waals surface area contributed by atoms with Gasteiger partial charge in [0.05, 0.1) is 11.5 Å². The van der Waals surface area contributed by atoms with E-state index in [0.29, 0.717) is 0 Å². The van der Waals surface area contributed by atoms with E-state index in [4.69, 9.17) is 0 Å². The van der Waals surface area contributed by atoms with Crippen LogP contribution in [0.2, 0.25) is 0 Å². The molecule has 2 rings (SSSR count). The van der Waals surface area contributed by atoms with E-state index in [1.165, 1.54) is 12.1 Å². The molecule has 2 aromatic carbocycles. The summed E-state index contributed by atoms with van der Waals surface area (Å²) in [6.45, 7) is 1.58. The van der Waals surface area contributed by atoms with Gasteiger partial charge in [0.25, 0.3) is 0 Å². The molecule has 0 aliphatic carbocycles. The summed E-state index contributed by atoms with van der Waals surface area (Å²) in [6, 6.07) is 15.6. The Kier molecular flexibility index (Phi) is 4.31. The smallest absolute Gasteiger partial charge is 0.176 e. The van der Waals surface area contributed by atoms with Crippen molar-refractivity contribution in [1.82, 2.24) is 0 Å². The Morgan fingerprint density at radius 3 is 2.25 bits per heavy atom. The number of ketones is 2. The van der Waals surface area contributed by atoms with E-state index >= 15 is 0 Å². The van der Waals surface area contributed by atoms with Gasteiger partial charge in [-0.05, 0) is 24.6 Å². The van der Waals surface area contributed by atoms with Crippen LogP contribution in [-0.4, -0.2) is 16.7 Å². The molecule has 0 saturated heterocycles. The molecule has 3 nitrogen and oxygen atoms in total. The molecule has 1 unspecified atom stereocenters. The Hall–Kier alpha value is -2.42. The van der Waals surface area contributed by atoms with Crippen LogP contribution in [0.4, 0.5) is 0 Å². The van der Waals surface area contributed by atoms with Crippen LogP contribution in [0.3, 0.4) is 0 Å². The number of para-hydroxylation sites is 1. The zero-order valence-corrected chi connectivity index (χ0v) is 11.2. The van der Waals surface area contributed by atoms with Gasteiger partial charge in [0, 0.05) is 6.42 Å². The third-order valence-electron chi connectivity index (χ3n) is 3.27. The Labute approximate surface area is 117 Å². The zero-order chi connectivity index (χ0) is 14.5. The van der Waals surface area contributed by atoms with Gasteiger partial charge in [0.2, 0.25) is 0 Å². The highest BCUT2D eigenvalue weighted by Crippen LogP contribution is 2.20. The lowest BCUT2D eigenvalue weighted by Crippen LogP contribution is -2.23. The van der Waals surface area contributed by atoms with E-state index in [9.17, 15) is 14.7 Å². The van der Waals surface area contributed by atoms with Crippen molar-refractivity contribution in [2.75, 3.05) is 0 Å². The monoisotopic (exact) mass is 268 g/mol. The van der Waals surface area contributed by atoms with E-state index in [0.717, 1.165) is 5.56 Å². The van der Waals surface area contributed by atoms with Crippen molar-refractivity contribution in [1.29, 1.82) is 0 Å². The Balaban J connectivity index is 2.11. The van der Waals surface area contributed by atoms with Crippen molar-refractivity contribution in [3.8, 4) is 5.75 Å². The predicted octanol–water partition coefficient (Wildman–Crippen LogP) is 3.02. The number of phenolic OH excluding ortho intramolecular Hbond substituents is 1. The fraction of sp³-hybridized carbons (Fsp3) is 0.176. The quantitative estimate of drug-likeness (QED) is 0.670. The third kappa shape index (κ3) is 3.12. The molecule has 0 saturated carbocycles. The number of hydrogen-bond donors (Lipinski definition) is 1. The molecular weight excluding hydrogens is 252 g/mol. The summed E-state index contributed by atoms with van der Waals surface area (Å²) >= 11 is 0. The van der Waals surface area contributed by atoms with Crippen LogP contribution in [0.1, 0.15) is 22.8 Å². The Morgan fingerprint density at radius 2 is 1.60 bits per heavy atom. The second-order valence-corrected chi connectivity index (χ2v) is 4.73. The number of benzene rings is 2. The molecule has 1 N–H and O–H groups in total. The van der Waals surface area contributed by atoms with Gasteiger partial charge >= 0.3 is 0 Å². The molecule has 102 valence electrons. The highest BCUT2D eigenvalue weighted by molar-refractivity contribution is 6.11. The molecule has 2 aromatic rings. The van der Waals surface area contributed by atoms with E-state index < -0.39 is 5.92 Å². The molecule has 0 spiro atoms. The number of aromatic hydroxyl groups is 1. The standard InChI is InChI=1S/C17H16O3/c1-12(16(19)11-13-7-3-2-4-8-13)17(20)14-9-5-6-10-15(14)18/h2-10,12,18H,11H2,1H3. The Morgan fingerprint density at radius 1 is 1.00 bits per heavy atom. The fourth-order valence-electron chi connectivity index (χ4n) is 2.01. The van der Waals surface area contributed by atoms with E-state index in [2.05, 4.69) is 0 Å². The molecule has 0 aliphatic heterocycles. The van der Waals surface area contributed by atoms with Crippen LogP contribution >= 0.6 is 0 Å². The second kappa shape index (κ2) is 6.15. The molecule has 0 amide bonds. The van der Waals surface area contributed by atoms with Gasteiger partial charge in [-0.25, -0.2) is 0 Å². The van der Waals surface area contributed by atoms with Crippen molar-refractivity contribution in [2.45, 2.75) is 13.3 Å². The maximum atomic E-state index is 12.2. The van der Waals surface area contributed by atoms with Crippen molar-refractivity contribution < 1.29 is 14.7 Å². The zero-order valence-electron chi connectivity index (χ0n) is 11.2. The normalized spacial score (nSPS) is 11.8. The molecule has 3 heteroatoms. The lowest BCUT2D eigenvalue weighted by atomic mass is 9.91. The van der Waals surface area contributed by atoms with Crippen molar-refractivity contribution >= 4 is 11.6 Å². The number of phenols is 1. The number of hydrogen-bond acceptors (Lipinski definition) is 3. The summed E-state index contributed by atoms with van der Waals surface area (Å²) in [7, 11) is 0. The van der Waals surface area contributed by atoms with E-state index in [1.54, 1.807) is 19.1 Å². The van der Waals surface area contributed by atoms with Gasteiger partial charge in [0.15, 0.2) is 5.78 Å². The highest BCUT2D eigenvalue weighted by atomic mass is 16.3. The lowest BCUT2D eigenvalue weighted by Gasteiger charge is -2.10. The molecule has 0 bridgehead atoms. The van der Waals surface area contributed by atoms with Gasteiger partial charge in [-0.1, -0.05) is 42.5 Å². The van der Waals surface area contributed by atoms with Gasteiger partial charge in [-0.2, -0.15) is 0 Å². The number of carbonyl (C=O) groups excluding carboxylic acids is 2. The van der Waals surface area contributed by atoms with E-state index in [1.807, 2.05) is 30.3 Å². The summed E-state index contributed by atoms with van der Waals surface area (Å²) in [6.07, 6.45) is 0.224. The van der Waals surface area contributed by atoms with Gasteiger partial charge in [-0.15, -0.1) is 0 Å². The van der Waals surface area contributed by atoms with Gasteiger partial charge in [-0.3, -0.25) is 9.59 Å². The second-order valence-electron chi connectivity index (χ2n) is 4.73. The van der Waals surface area contributed by atoms with Crippen LogP contribution in [0, 0.1) is 5.92 Å². The van der Waals surface area contributed by atoms with Crippen molar-refractivity contribution in [2.24, 2.45) is 5.92 Å². The first kappa shape index (κ1) is 14.0. The van der Waals surface area contributed by atoms with Crippen LogP contribution in [0.15, 0.2) is 54.6 Å². The summed E-state index contributed by atoms with van der Waals surface area (Å²) in [4.78, 5) is 24.4. The molecule has 0 aromatic heterocycles. The number of rotatable bonds is 5. The summed E-state index contributed by atoms with van der Waals surface area (Å²) in [5.74, 6) is -1.34. The van der Waals surface area contributed by atoms with E-state index in [-0.39, 0.29) is 29.3 Å². The topological polar surface area (TPSA) is 54.4 Å². The maximum Gasteiger partial charge on any atom is 0.176 e. The molecule has 1 atom stereocenters. The SMILES string of the molecule is CC(C(=O)Cc1ccccc1)C(=O)c1ccccc1O. The minimum atomic E-state index is -0.761. The summed E-state index contributed by atoms with van der Waals surface area (Å²) in [5, 5.41) is 9.67. The van der Waals surface area contributed by atoms with Crippen LogP contribution in [-0.2, 0) is 11.2 Å². The first-order chi connectivity index (χ1) is 9.59. The van der Waals surface area contributed by atoms with Gasteiger partial charge in [0.1, 0.15) is 11.5 Å². The minimum absolute atomic E-state index is 0.0862. The number of carbonyl (C=O) groups is 2. The average molecular weight is 268 g/mol. The van der Waals surface area contributed by atoms with Crippen LogP contribution in [0.5, 0.6) is 5.75 Å². The minimum Gasteiger partial charge on any atom is -0.507 e. The summed E-state index contributed by atoms with van der Waals surface area (Å²) in [5.41, 5.74) is 1.08. The number of Topliss-reactive ketones (excluding diaryl/α,β-unsaturated/α-hetero) is 2.